The summed E-state index contributed by atoms with van der Waals surface area (Å²) in [6.45, 7) is 0.303. The monoisotopic (exact) mass is 415 g/mol. The van der Waals surface area contributed by atoms with Gasteiger partial charge in [0.05, 0.1) is 14.2 Å². The molecule has 0 aliphatic heterocycles. The molecule has 2 rings (SSSR count). The minimum atomic E-state index is -3.70. The number of hydrogen-bond acceptors (Lipinski definition) is 5. The van der Waals surface area contributed by atoms with E-state index >= 15 is 0 Å². The summed E-state index contributed by atoms with van der Waals surface area (Å²) in [7, 11) is -0.710. The molecular weight excluding hydrogens is 398 g/mol. The summed E-state index contributed by atoms with van der Waals surface area (Å²) in [5.74, 6) is 1.56. The van der Waals surface area contributed by atoms with Crippen molar-refractivity contribution in [2.24, 2.45) is 0 Å². The number of benzene rings is 2. The van der Waals surface area contributed by atoms with E-state index in [2.05, 4.69) is 20.7 Å². The van der Waals surface area contributed by atoms with Crippen molar-refractivity contribution in [3.8, 4) is 17.2 Å². The maximum absolute atomic E-state index is 12.4. The number of halogens is 1. The minimum absolute atomic E-state index is 0.0701. The number of hydrogen-bond donors (Lipinski definition) is 1. The van der Waals surface area contributed by atoms with Gasteiger partial charge in [-0.2, -0.15) is 0 Å². The molecule has 130 valence electrons. The second kappa shape index (κ2) is 8.36. The molecule has 8 heteroatoms. The summed E-state index contributed by atoms with van der Waals surface area (Å²) < 4.78 is 43.6. The lowest BCUT2D eigenvalue weighted by molar-refractivity contribution is 0.319. The Kier molecular flexibility index (Phi) is 6.47. The summed E-state index contributed by atoms with van der Waals surface area (Å²) in [6.07, 6.45) is 0. The maximum Gasteiger partial charge on any atom is 0.244 e. The quantitative estimate of drug-likeness (QED) is 0.670. The Bertz CT molecular complexity index is 795. The first-order valence-electron chi connectivity index (χ1n) is 7.06. The first-order chi connectivity index (χ1) is 11.5. The molecule has 2 aromatic carbocycles. The number of ether oxygens (including phenoxy) is 3. The molecule has 2 aromatic rings. The molecule has 0 aliphatic carbocycles. The van der Waals surface area contributed by atoms with Crippen LogP contribution in [0.3, 0.4) is 0 Å². The van der Waals surface area contributed by atoms with Crippen molar-refractivity contribution in [3.05, 3.63) is 46.9 Å². The highest BCUT2D eigenvalue weighted by atomic mass is 79.9. The average molecular weight is 416 g/mol. The van der Waals surface area contributed by atoms with Crippen LogP contribution in [0.5, 0.6) is 17.2 Å². The van der Waals surface area contributed by atoms with E-state index in [0.29, 0.717) is 16.0 Å². The zero-order valence-corrected chi connectivity index (χ0v) is 15.7. The first kappa shape index (κ1) is 18.6. The lowest BCUT2D eigenvalue weighted by atomic mass is 10.3. The molecule has 0 heterocycles. The number of sulfonamides is 1. The normalized spacial score (nSPS) is 11.1. The number of rotatable bonds is 8. The molecule has 0 saturated carbocycles. The Labute approximate surface area is 149 Å². The standard InChI is InChI=1S/C16H18BrNO5S/c1-21-13-4-3-5-14(11-13)23-9-8-18-24(19,20)16-10-12(17)6-7-15(16)22-2/h3-7,10-11,18H,8-9H2,1-2H3. The number of methoxy groups -OCH3 is 2. The van der Waals surface area contributed by atoms with Crippen LogP contribution in [0, 0.1) is 0 Å². The summed E-state index contributed by atoms with van der Waals surface area (Å²) in [5, 5.41) is 0. The molecule has 0 saturated heterocycles. The van der Waals surface area contributed by atoms with Gasteiger partial charge in [0.2, 0.25) is 10.0 Å². The van der Waals surface area contributed by atoms with E-state index in [0.717, 1.165) is 0 Å². The van der Waals surface area contributed by atoms with Crippen LogP contribution in [0.4, 0.5) is 0 Å². The van der Waals surface area contributed by atoms with Gasteiger partial charge >= 0.3 is 0 Å². The Morgan fingerprint density at radius 2 is 1.79 bits per heavy atom. The van der Waals surface area contributed by atoms with Crippen molar-refractivity contribution in [3.63, 3.8) is 0 Å². The summed E-state index contributed by atoms with van der Waals surface area (Å²) >= 11 is 3.26. The first-order valence-corrected chi connectivity index (χ1v) is 9.34. The van der Waals surface area contributed by atoms with Crippen molar-refractivity contribution < 1.29 is 22.6 Å². The predicted octanol–water partition coefficient (Wildman–Crippen LogP) is 2.82. The second-order valence-electron chi connectivity index (χ2n) is 4.72. The molecule has 0 radical (unpaired) electrons. The van der Waals surface area contributed by atoms with Crippen molar-refractivity contribution in [2.75, 3.05) is 27.4 Å². The highest BCUT2D eigenvalue weighted by molar-refractivity contribution is 9.10. The van der Waals surface area contributed by atoms with E-state index in [4.69, 9.17) is 14.2 Å². The molecule has 0 amide bonds. The van der Waals surface area contributed by atoms with Crippen molar-refractivity contribution >= 4 is 26.0 Å². The fourth-order valence-corrected chi connectivity index (χ4v) is 3.69. The van der Waals surface area contributed by atoms with Gasteiger partial charge in [0, 0.05) is 17.1 Å². The Morgan fingerprint density at radius 1 is 1.04 bits per heavy atom. The van der Waals surface area contributed by atoms with Gasteiger partial charge in [-0.25, -0.2) is 13.1 Å². The summed E-state index contributed by atoms with van der Waals surface area (Å²) in [6, 6.07) is 11.9. The van der Waals surface area contributed by atoms with Crippen molar-refractivity contribution in [1.29, 1.82) is 0 Å². The zero-order chi connectivity index (χ0) is 17.6. The molecule has 0 aromatic heterocycles. The Balaban J connectivity index is 1.97. The van der Waals surface area contributed by atoms with Gasteiger partial charge < -0.3 is 14.2 Å². The van der Waals surface area contributed by atoms with Gasteiger partial charge in [0.1, 0.15) is 28.8 Å². The van der Waals surface area contributed by atoms with Gasteiger partial charge in [0.25, 0.3) is 0 Å². The lowest BCUT2D eigenvalue weighted by Gasteiger charge is -2.12. The molecule has 0 spiro atoms. The van der Waals surface area contributed by atoms with E-state index in [-0.39, 0.29) is 23.8 Å². The third-order valence-electron chi connectivity index (χ3n) is 3.12. The van der Waals surface area contributed by atoms with Gasteiger partial charge in [0.15, 0.2) is 0 Å². The van der Waals surface area contributed by atoms with Crippen LogP contribution in [-0.4, -0.2) is 35.8 Å². The largest absolute Gasteiger partial charge is 0.497 e. The van der Waals surface area contributed by atoms with Gasteiger partial charge in [-0.15, -0.1) is 0 Å². The van der Waals surface area contributed by atoms with Crippen LogP contribution >= 0.6 is 15.9 Å². The zero-order valence-electron chi connectivity index (χ0n) is 13.3. The topological polar surface area (TPSA) is 73.9 Å². The van der Waals surface area contributed by atoms with Crippen LogP contribution in [-0.2, 0) is 10.0 Å². The van der Waals surface area contributed by atoms with Crippen molar-refractivity contribution in [1.82, 2.24) is 4.72 Å². The van der Waals surface area contributed by atoms with Crippen LogP contribution in [0.2, 0.25) is 0 Å². The van der Waals surface area contributed by atoms with Crippen LogP contribution in [0.1, 0.15) is 0 Å². The molecule has 1 N–H and O–H groups in total. The third-order valence-corrected chi connectivity index (χ3v) is 5.09. The number of nitrogens with one attached hydrogen (secondary N) is 1. The maximum atomic E-state index is 12.4. The minimum Gasteiger partial charge on any atom is -0.497 e. The van der Waals surface area contributed by atoms with E-state index in [1.807, 2.05) is 0 Å². The molecule has 0 atom stereocenters. The molecule has 0 unspecified atom stereocenters. The predicted molar refractivity (Wildman–Crippen MR) is 94.4 cm³/mol. The third kappa shape index (κ3) is 4.86. The molecule has 24 heavy (non-hydrogen) atoms. The fraction of sp³-hybridized carbons (Fsp3) is 0.250. The molecular formula is C16H18BrNO5S. The lowest BCUT2D eigenvalue weighted by Crippen LogP contribution is -2.28. The molecule has 0 aliphatic rings. The van der Waals surface area contributed by atoms with Gasteiger partial charge in [-0.05, 0) is 30.3 Å². The Morgan fingerprint density at radius 3 is 2.50 bits per heavy atom. The second-order valence-corrected chi connectivity index (χ2v) is 7.37. The summed E-state index contributed by atoms with van der Waals surface area (Å²) in [4.78, 5) is 0.0701. The molecule has 6 nitrogen and oxygen atoms in total. The van der Waals surface area contributed by atoms with Crippen LogP contribution < -0.4 is 18.9 Å². The molecule has 0 bridgehead atoms. The smallest absolute Gasteiger partial charge is 0.244 e. The Hall–Kier alpha value is -1.77. The fourth-order valence-electron chi connectivity index (χ4n) is 1.97. The summed E-state index contributed by atoms with van der Waals surface area (Å²) in [5.41, 5.74) is 0. The van der Waals surface area contributed by atoms with Gasteiger partial charge in [-0.3, -0.25) is 0 Å². The van der Waals surface area contributed by atoms with Crippen molar-refractivity contribution in [2.45, 2.75) is 4.90 Å². The molecule has 0 fully saturated rings. The average Bonchev–Trinajstić information content (AvgIpc) is 2.59. The highest BCUT2D eigenvalue weighted by Crippen LogP contribution is 2.27. The van der Waals surface area contributed by atoms with E-state index in [1.165, 1.54) is 13.2 Å². The van der Waals surface area contributed by atoms with E-state index < -0.39 is 10.0 Å². The van der Waals surface area contributed by atoms with Crippen LogP contribution in [0.15, 0.2) is 51.8 Å². The van der Waals surface area contributed by atoms with E-state index in [1.54, 1.807) is 43.5 Å². The SMILES string of the molecule is COc1cccc(OCCNS(=O)(=O)c2cc(Br)ccc2OC)c1. The van der Waals surface area contributed by atoms with Gasteiger partial charge in [-0.1, -0.05) is 22.0 Å². The van der Waals surface area contributed by atoms with E-state index in [9.17, 15) is 8.42 Å². The van der Waals surface area contributed by atoms with Crippen LogP contribution in [0.25, 0.3) is 0 Å². The highest BCUT2D eigenvalue weighted by Gasteiger charge is 2.19.